The predicted molar refractivity (Wildman–Crippen MR) is 122 cm³/mol. The van der Waals surface area contributed by atoms with Crippen LogP contribution < -0.4 is 10.1 Å². The molecule has 5 rings (SSSR count). The number of Topliss-reactive ketones (excluding diaryl/α,β-unsaturated/α-hetero) is 1. The van der Waals surface area contributed by atoms with Gasteiger partial charge >= 0.3 is 0 Å². The van der Waals surface area contributed by atoms with Crippen LogP contribution in [0.25, 0.3) is 10.9 Å². The minimum Gasteiger partial charge on any atom is -0.504 e. The van der Waals surface area contributed by atoms with Crippen LogP contribution in [0.3, 0.4) is 0 Å². The minimum absolute atomic E-state index is 0.0866. The molecule has 0 radical (unpaired) electrons. The number of carbonyl (C=O) groups excluding carboxylic acids is 1. The number of pyridine rings is 1. The first-order valence-corrected chi connectivity index (χ1v) is 10.7. The Kier molecular flexibility index (Phi) is 4.50. The number of rotatable bonds is 3. The molecule has 0 saturated carbocycles. The van der Waals surface area contributed by atoms with E-state index in [0.717, 1.165) is 45.4 Å². The van der Waals surface area contributed by atoms with Crippen molar-refractivity contribution in [3.05, 3.63) is 71.1 Å². The molecule has 0 bridgehead atoms. The first kappa shape index (κ1) is 19.6. The SMILES string of the molecule is CCOc1c(O)cccc1[C@H]1C2=C(CC(C)(C)CC2=O)Nc2ccc3ncccc3c21. The van der Waals surface area contributed by atoms with E-state index in [4.69, 9.17) is 4.74 Å². The molecule has 1 aromatic heterocycles. The number of ketones is 1. The summed E-state index contributed by atoms with van der Waals surface area (Å²) in [6, 6.07) is 13.4. The van der Waals surface area contributed by atoms with Crippen molar-refractivity contribution in [3.63, 3.8) is 0 Å². The van der Waals surface area contributed by atoms with Crippen LogP contribution in [0.5, 0.6) is 11.5 Å². The number of hydrogen-bond acceptors (Lipinski definition) is 5. The molecule has 0 unspecified atom stereocenters. The van der Waals surface area contributed by atoms with E-state index >= 15 is 0 Å². The molecule has 158 valence electrons. The van der Waals surface area contributed by atoms with E-state index in [0.29, 0.717) is 18.8 Å². The number of ether oxygens (including phenoxy) is 1. The third-order valence-electron chi connectivity index (χ3n) is 6.23. The first-order chi connectivity index (χ1) is 14.9. The number of hydrogen-bond donors (Lipinski definition) is 2. The van der Waals surface area contributed by atoms with Crippen molar-refractivity contribution < 1.29 is 14.6 Å². The molecule has 0 fully saturated rings. The summed E-state index contributed by atoms with van der Waals surface area (Å²) >= 11 is 0. The van der Waals surface area contributed by atoms with Gasteiger partial charge in [-0.15, -0.1) is 0 Å². The second-order valence-electron chi connectivity index (χ2n) is 9.12. The molecule has 31 heavy (non-hydrogen) atoms. The Labute approximate surface area is 181 Å². The molecule has 2 aliphatic rings. The summed E-state index contributed by atoms with van der Waals surface area (Å²) in [4.78, 5) is 18.0. The number of nitrogens with zero attached hydrogens (tertiary/aromatic N) is 1. The minimum atomic E-state index is -0.337. The van der Waals surface area contributed by atoms with Crippen molar-refractivity contribution in [2.75, 3.05) is 11.9 Å². The van der Waals surface area contributed by atoms with Gasteiger partial charge in [0.25, 0.3) is 0 Å². The van der Waals surface area contributed by atoms with Crippen molar-refractivity contribution in [2.24, 2.45) is 5.41 Å². The van der Waals surface area contributed by atoms with Gasteiger partial charge in [-0.25, -0.2) is 0 Å². The van der Waals surface area contributed by atoms with Gasteiger partial charge in [0.15, 0.2) is 17.3 Å². The maximum absolute atomic E-state index is 13.5. The van der Waals surface area contributed by atoms with Gasteiger partial charge in [-0.2, -0.15) is 0 Å². The molecule has 1 aliphatic heterocycles. The summed E-state index contributed by atoms with van der Waals surface area (Å²) in [7, 11) is 0. The summed E-state index contributed by atoms with van der Waals surface area (Å²) in [5, 5.41) is 15.2. The maximum Gasteiger partial charge on any atom is 0.165 e. The molecule has 5 nitrogen and oxygen atoms in total. The van der Waals surface area contributed by atoms with Crippen LogP contribution in [0, 0.1) is 5.41 Å². The number of phenolic OH excluding ortho intramolecular Hbond substituents is 1. The molecule has 0 amide bonds. The van der Waals surface area contributed by atoms with Crippen molar-refractivity contribution in [1.82, 2.24) is 4.98 Å². The molecule has 1 atom stereocenters. The zero-order chi connectivity index (χ0) is 21.8. The molecule has 2 aromatic carbocycles. The fourth-order valence-corrected chi connectivity index (χ4v) is 5.07. The Hall–Kier alpha value is -3.34. The maximum atomic E-state index is 13.5. The van der Waals surface area contributed by atoms with E-state index in [2.05, 4.69) is 24.1 Å². The number of aromatic nitrogens is 1. The average molecular weight is 415 g/mol. The lowest BCUT2D eigenvalue weighted by Crippen LogP contribution is -2.34. The third kappa shape index (κ3) is 3.16. The number of carbonyl (C=O) groups is 1. The highest BCUT2D eigenvalue weighted by molar-refractivity contribution is 6.04. The van der Waals surface area contributed by atoms with Crippen molar-refractivity contribution in [3.8, 4) is 11.5 Å². The van der Waals surface area contributed by atoms with E-state index in [1.165, 1.54) is 0 Å². The summed E-state index contributed by atoms with van der Waals surface area (Å²) in [5.41, 5.74) is 5.29. The molecular formula is C26H26N2O3. The highest BCUT2D eigenvalue weighted by atomic mass is 16.5. The van der Waals surface area contributed by atoms with Crippen molar-refractivity contribution in [1.29, 1.82) is 0 Å². The molecule has 0 spiro atoms. The lowest BCUT2D eigenvalue weighted by molar-refractivity contribution is -0.118. The predicted octanol–water partition coefficient (Wildman–Crippen LogP) is 5.54. The summed E-state index contributed by atoms with van der Waals surface area (Å²) in [6.07, 6.45) is 3.06. The number of benzene rings is 2. The Morgan fingerprint density at radius 2 is 2.00 bits per heavy atom. The molecule has 3 aromatic rings. The monoisotopic (exact) mass is 414 g/mol. The molecule has 5 heteroatoms. The normalized spacial score (nSPS) is 19.6. The van der Waals surface area contributed by atoms with Gasteiger partial charge in [-0.3, -0.25) is 9.78 Å². The van der Waals surface area contributed by atoms with Gasteiger partial charge in [0, 0.05) is 46.4 Å². The number of nitrogens with one attached hydrogen (secondary N) is 1. The zero-order valence-corrected chi connectivity index (χ0v) is 18.0. The quantitative estimate of drug-likeness (QED) is 0.589. The summed E-state index contributed by atoms with van der Waals surface area (Å²) in [6.45, 7) is 6.58. The van der Waals surface area contributed by atoms with Gasteiger partial charge in [0.05, 0.1) is 12.1 Å². The first-order valence-electron chi connectivity index (χ1n) is 10.7. The Morgan fingerprint density at radius 1 is 1.16 bits per heavy atom. The largest absolute Gasteiger partial charge is 0.504 e. The molecule has 2 N–H and O–H groups in total. The zero-order valence-electron chi connectivity index (χ0n) is 18.0. The Morgan fingerprint density at radius 3 is 2.81 bits per heavy atom. The van der Waals surface area contributed by atoms with Crippen LogP contribution in [-0.4, -0.2) is 22.5 Å². The van der Waals surface area contributed by atoms with E-state index < -0.39 is 0 Å². The van der Waals surface area contributed by atoms with E-state index in [1.807, 2.05) is 43.3 Å². The standard InChI is InChI=1S/C26H26N2O3/c1-4-31-25-16(7-5-9-20(25)29)23-22-15-8-6-12-27-17(15)10-11-18(22)28-19-13-26(2,3)14-21(30)24(19)23/h5-12,23,28-29H,4,13-14H2,1-3H3/t23-/m1/s1. The van der Waals surface area contributed by atoms with Crippen LogP contribution in [0.1, 0.15) is 50.7 Å². The van der Waals surface area contributed by atoms with Gasteiger partial charge in [0.2, 0.25) is 0 Å². The van der Waals surface area contributed by atoms with Crippen LogP contribution in [0.15, 0.2) is 59.9 Å². The number of fused-ring (bicyclic) bond motifs is 3. The number of phenols is 1. The van der Waals surface area contributed by atoms with Gasteiger partial charge in [-0.1, -0.05) is 32.0 Å². The molecule has 1 aliphatic carbocycles. The van der Waals surface area contributed by atoms with Crippen molar-refractivity contribution >= 4 is 22.4 Å². The number of aromatic hydroxyl groups is 1. The number of para-hydroxylation sites is 1. The number of allylic oxidation sites excluding steroid dienone is 2. The Balaban J connectivity index is 1.85. The highest BCUT2D eigenvalue weighted by Crippen LogP contribution is 2.53. The topological polar surface area (TPSA) is 71.5 Å². The van der Waals surface area contributed by atoms with E-state index in [1.54, 1.807) is 12.3 Å². The van der Waals surface area contributed by atoms with E-state index in [-0.39, 0.29) is 22.9 Å². The third-order valence-corrected chi connectivity index (χ3v) is 6.23. The Bertz CT molecular complexity index is 1240. The summed E-state index contributed by atoms with van der Waals surface area (Å²) < 4.78 is 5.88. The summed E-state index contributed by atoms with van der Waals surface area (Å²) in [5.74, 6) is 0.328. The van der Waals surface area contributed by atoms with Gasteiger partial charge in [0.1, 0.15) is 0 Å². The van der Waals surface area contributed by atoms with Crippen LogP contribution >= 0.6 is 0 Å². The molecule has 2 heterocycles. The second kappa shape index (κ2) is 7.12. The molecular weight excluding hydrogens is 388 g/mol. The van der Waals surface area contributed by atoms with E-state index in [9.17, 15) is 9.90 Å². The molecule has 0 saturated heterocycles. The lowest BCUT2D eigenvalue weighted by Gasteiger charge is -2.40. The van der Waals surface area contributed by atoms with Gasteiger partial charge < -0.3 is 15.2 Å². The van der Waals surface area contributed by atoms with Crippen LogP contribution in [0.4, 0.5) is 5.69 Å². The van der Waals surface area contributed by atoms with Crippen LogP contribution in [-0.2, 0) is 4.79 Å². The average Bonchev–Trinajstić information content (AvgIpc) is 2.73. The van der Waals surface area contributed by atoms with Gasteiger partial charge in [-0.05, 0) is 48.6 Å². The second-order valence-corrected chi connectivity index (χ2v) is 9.12. The fraction of sp³-hybridized carbons (Fsp3) is 0.308. The fourth-order valence-electron chi connectivity index (χ4n) is 5.07. The smallest absolute Gasteiger partial charge is 0.165 e. The van der Waals surface area contributed by atoms with Crippen molar-refractivity contribution in [2.45, 2.75) is 39.5 Å². The highest BCUT2D eigenvalue weighted by Gasteiger charge is 2.42. The lowest BCUT2D eigenvalue weighted by atomic mass is 9.68. The van der Waals surface area contributed by atoms with Crippen LogP contribution in [0.2, 0.25) is 0 Å². The number of anilines is 1.